The van der Waals surface area contributed by atoms with Crippen molar-refractivity contribution < 1.29 is 19.7 Å². The van der Waals surface area contributed by atoms with Gasteiger partial charge in [0.1, 0.15) is 5.75 Å². The molecule has 4 atom stereocenters. The number of hydrogen-bond acceptors (Lipinski definition) is 5. The molecule has 6 nitrogen and oxygen atoms in total. The van der Waals surface area contributed by atoms with Gasteiger partial charge in [-0.2, -0.15) is 0 Å². The van der Waals surface area contributed by atoms with Crippen LogP contribution in [-0.2, 0) is 17.8 Å². The van der Waals surface area contributed by atoms with E-state index >= 15 is 0 Å². The number of aliphatic hydroxyl groups is 2. The summed E-state index contributed by atoms with van der Waals surface area (Å²) in [6.45, 7) is 6.58. The Hall–Kier alpha value is -2.54. The summed E-state index contributed by atoms with van der Waals surface area (Å²) in [5.74, 6) is 1.62. The summed E-state index contributed by atoms with van der Waals surface area (Å²) in [4.78, 5) is 15.5. The van der Waals surface area contributed by atoms with E-state index in [1.54, 1.807) is 18.9 Å². The molecule has 0 spiro atoms. The number of amides is 1. The van der Waals surface area contributed by atoms with Crippen LogP contribution in [0.15, 0.2) is 48.6 Å². The predicted molar refractivity (Wildman–Crippen MR) is 158 cm³/mol. The van der Waals surface area contributed by atoms with Crippen LogP contribution in [0, 0.1) is 11.8 Å². The standard InChI is InChI=1S/C32H43ClN2O4/c1-4-7-24-17-27(33)11-13-28(24)26-19-35(30-16-23(20-36)9-14-32(30)39-21-26)18-25-10-12-29(25)31(38)8-5-6-15-34(3)22(2)37/h5,8-9,11,13-14,16-17,25-26,29,31,36,38H,4,6-7,10,12,15,18-21H2,1-3H3/b8-5+. The molecule has 2 aromatic rings. The van der Waals surface area contributed by atoms with E-state index in [0.29, 0.717) is 19.1 Å². The van der Waals surface area contributed by atoms with Crippen LogP contribution in [-0.4, -0.2) is 60.4 Å². The average molecular weight is 555 g/mol. The Balaban J connectivity index is 1.52. The molecule has 2 aliphatic rings. The minimum atomic E-state index is -0.499. The Morgan fingerprint density at radius 3 is 2.77 bits per heavy atom. The van der Waals surface area contributed by atoms with Crippen LogP contribution >= 0.6 is 11.6 Å². The molecule has 212 valence electrons. The van der Waals surface area contributed by atoms with Crippen molar-refractivity contribution >= 4 is 23.2 Å². The van der Waals surface area contributed by atoms with Gasteiger partial charge in [-0.3, -0.25) is 4.79 Å². The quantitative estimate of drug-likeness (QED) is 0.355. The Morgan fingerprint density at radius 2 is 2.08 bits per heavy atom. The first-order valence-electron chi connectivity index (χ1n) is 14.3. The van der Waals surface area contributed by atoms with E-state index < -0.39 is 6.10 Å². The summed E-state index contributed by atoms with van der Waals surface area (Å²) in [6, 6.07) is 12.2. The molecule has 0 aromatic heterocycles. The first-order chi connectivity index (χ1) is 18.8. The molecule has 1 amide bonds. The Bertz CT molecular complexity index is 1150. The summed E-state index contributed by atoms with van der Waals surface area (Å²) in [5, 5.41) is 21.6. The summed E-state index contributed by atoms with van der Waals surface area (Å²) in [7, 11) is 1.79. The van der Waals surface area contributed by atoms with Crippen LogP contribution in [0.3, 0.4) is 0 Å². The Morgan fingerprint density at radius 1 is 1.26 bits per heavy atom. The number of nitrogens with zero attached hydrogens (tertiary/aromatic N) is 2. The highest BCUT2D eigenvalue weighted by atomic mass is 35.5. The molecule has 1 saturated carbocycles. The number of carbonyl (C=O) groups is 1. The van der Waals surface area contributed by atoms with E-state index in [1.807, 2.05) is 36.4 Å². The smallest absolute Gasteiger partial charge is 0.219 e. The van der Waals surface area contributed by atoms with Crippen molar-refractivity contribution in [2.24, 2.45) is 11.8 Å². The molecule has 2 N–H and O–H groups in total. The van der Waals surface area contributed by atoms with Crippen molar-refractivity contribution in [1.82, 2.24) is 4.90 Å². The normalized spacial score (nSPS) is 21.6. The third-order valence-electron chi connectivity index (χ3n) is 8.36. The second-order valence-electron chi connectivity index (χ2n) is 11.1. The summed E-state index contributed by atoms with van der Waals surface area (Å²) < 4.78 is 6.37. The summed E-state index contributed by atoms with van der Waals surface area (Å²) in [6.07, 6.45) is 8.22. The van der Waals surface area contributed by atoms with Crippen molar-refractivity contribution in [3.05, 3.63) is 70.3 Å². The largest absolute Gasteiger partial charge is 0.491 e. The zero-order valence-electron chi connectivity index (χ0n) is 23.5. The van der Waals surface area contributed by atoms with Crippen molar-refractivity contribution in [3.63, 3.8) is 0 Å². The maximum atomic E-state index is 11.4. The molecular formula is C32H43ClN2O4. The van der Waals surface area contributed by atoms with Crippen LogP contribution in [0.25, 0.3) is 0 Å². The van der Waals surface area contributed by atoms with E-state index in [2.05, 4.69) is 24.0 Å². The van der Waals surface area contributed by atoms with Crippen LogP contribution < -0.4 is 9.64 Å². The number of hydrogen-bond donors (Lipinski definition) is 2. The maximum absolute atomic E-state index is 11.4. The molecule has 4 unspecified atom stereocenters. The van der Waals surface area contributed by atoms with E-state index in [0.717, 1.165) is 67.2 Å². The number of fused-ring (bicyclic) bond motifs is 1. The van der Waals surface area contributed by atoms with Crippen molar-refractivity contribution in [3.8, 4) is 5.75 Å². The summed E-state index contributed by atoms with van der Waals surface area (Å²) >= 11 is 6.36. The van der Waals surface area contributed by atoms with Gasteiger partial charge in [-0.25, -0.2) is 0 Å². The topological polar surface area (TPSA) is 73.2 Å². The van der Waals surface area contributed by atoms with Crippen LogP contribution in [0.1, 0.15) is 62.1 Å². The second-order valence-corrected chi connectivity index (χ2v) is 11.6. The van der Waals surface area contributed by atoms with Crippen LogP contribution in [0.5, 0.6) is 5.75 Å². The molecule has 1 aliphatic carbocycles. The van der Waals surface area contributed by atoms with Crippen LogP contribution in [0.2, 0.25) is 5.02 Å². The number of aryl methyl sites for hydroxylation is 1. The molecule has 0 bridgehead atoms. The van der Waals surface area contributed by atoms with Crippen molar-refractivity contribution in [1.29, 1.82) is 0 Å². The molecule has 7 heteroatoms. The maximum Gasteiger partial charge on any atom is 0.219 e. The van der Waals surface area contributed by atoms with Crippen LogP contribution in [0.4, 0.5) is 5.69 Å². The van der Waals surface area contributed by atoms with Crippen molar-refractivity contribution in [2.75, 3.05) is 38.2 Å². The number of aliphatic hydroxyl groups excluding tert-OH is 2. The fourth-order valence-corrected chi connectivity index (χ4v) is 6.01. The van der Waals surface area contributed by atoms with Gasteiger partial charge >= 0.3 is 0 Å². The number of ether oxygens (including phenoxy) is 1. The lowest BCUT2D eigenvalue weighted by Crippen LogP contribution is -2.44. The first-order valence-corrected chi connectivity index (χ1v) is 14.6. The highest BCUT2D eigenvalue weighted by Crippen LogP contribution is 2.42. The monoisotopic (exact) mass is 554 g/mol. The highest BCUT2D eigenvalue weighted by Gasteiger charge is 2.38. The lowest BCUT2D eigenvalue weighted by atomic mass is 9.70. The van der Waals surface area contributed by atoms with E-state index in [4.69, 9.17) is 16.3 Å². The zero-order chi connectivity index (χ0) is 27.9. The molecule has 4 rings (SSSR count). The minimum Gasteiger partial charge on any atom is -0.491 e. The lowest BCUT2D eigenvalue weighted by Gasteiger charge is -2.42. The highest BCUT2D eigenvalue weighted by molar-refractivity contribution is 6.30. The number of halogens is 1. The van der Waals surface area contributed by atoms with Gasteiger partial charge in [0.2, 0.25) is 5.91 Å². The Labute approximate surface area is 238 Å². The van der Waals surface area contributed by atoms with E-state index in [1.165, 1.54) is 11.1 Å². The fraction of sp³-hybridized carbons (Fsp3) is 0.531. The third kappa shape index (κ3) is 7.36. The molecule has 1 fully saturated rings. The van der Waals surface area contributed by atoms with Gasteiger partial charge in [-0.15, -0.1) is 0 Å². The molecule has 39 heavy (non-hydrogen) atoms. The van der Waals surface area contributed by atoms with Gasteiger partial charge in [0.15, 0.2) is 0 Å². The van der Waals surface area contributed by atoms with E-state index in [9.17, 15) is 15.0 Å². The predicted octanol–water partition coefficient (Wildman–Crippen LogP) is 5.58. The van der Waals surface area contributed by atoms with Gasteiger partial charge in [0.05, 0.1) is 25.0 Å². The van der Waals surface area contributed by atoms with Gasteiger partial charge in [-0.1, -0.05) is 49.2 Å². The zero-order valence-corrected chi connectivity index (χ0v) is 24.2. The molecule has 1 heterocycles. The molecule has 2 aromatic carbocycles. The van der Waals surface area contributed by atoms with Gasteiger partial charge in [0.25, 0.3) is 0 Å². The summed E-state index contributed by atoms with van der Waals surface area (Å²) in [5.41, 5.74) is 4.43. The van der Waals surface area contributed by atoms with Gasteiger partial charge in [0, 0.05) is 44.5 Å². The van der Waals surface area contributed by atoms with Crippen molar-refractivity contribution in [2.45, 2.75) is 64.6 Å². The third-order valence-corrected chi connectivity index (χ3v) is 8.60. The molecule has 0 radical (unpaired) electrons. The number of benzene rings is 2. The minimum absolute atomic E-state index is 0.0171. The molecule has 1 aliphatic heterocycles. The second kappa shape index (κ2) is 13.7. The molecule has 0 saturated heterocycles. The molecular weight excluding hydrogens is 512 g/mol. The number of carbonyl (C=O) groups excluding carboxylic acids is 1. The number of rotatable bonds is 11. The van der Waals surface area contributed by atoms with Gasteiger partial charge in [-0.05, 0) is 78.5 Å². The van der Waals surface area contributed by atoms with E-state index in [-0.39, 0.29) is 24.3 Å². The first kappa shape index (κ1) is 29.4. The SMILES string of the molecule is CCCc1cc(Cl)ccc1C1COc2ccc(CO)cc2N(CC2CCC2C(O)/C=C/CCN(C)C(C)=O)C1. The average Bonchev–Trinajstić information content (AvgIpc) is 3.08. The number of anilines is 1. The lowest BCUT2D eigenvalue weighted by molar-refractivity contribution is -0.127. The Kier molecular flexibility index (Phi) is 10.3. The van der Waals surface area contributed by atoms with Gasteiger partial charge < -0.3 is 24.7 Å². The fourth-order valence-electron chi connectivity index (χ4n) is 5.82.